The van der Waals surface area contributed by atoms with Crippen molar-refractivity contribution in [3.05, 3.63) is 71.4 Å². The van der Waals surface area contributed by atoms with Crippen LogP contribution in [0.1, 0.15) is 41.3 Å². The van der Waals surface area contributed by atoms with E-state index in [1.807, 2.05) is 25.3 Å². The molecule has 0 amide bonds. The van der Waals surface area contributed by atoms with Crippen LogP contribution >= 0.6 is 0 Å². The molecule has 0 bridgehead atoms. The van der Waals surface area contributed by atoms with Crippen molar-refractivity contribution in [3.8, 4) is 0 Å². The maximum absolute atomic E-state index is 14.6. The number of H-pyrrole nitrogens is 1. The summed E-state index contributed by atoms with van der Waals surface area (Å²) >= 11 is 0. The number of aryl methyl sites for hydroxylation is 1. The quantitative estimate of drug-likeness (QED) is 0.506. The molecule has 0 aliphatic heterocycles. The Kier molecular flexibility index (Phi) is 4.00. The monoisotopic (exact) mass is 374 g/mol. The first-order valence-electron chi connectivity index (χ1n) is 9.33. The number of fused-ring (bicyclic) bond motifs is 1. The van der Waals surface area contributed by atoms with Crippen molar-refractivity contribution >= 4 is 22.5 Å². The van der Waals surface area contributed by atoms with E-state index in [-0.39, 0.29) is 0 Å². The van der Waals surface area contributed by atoms with Gasteiger partial charge in [0.1, 0.15) is 17.8 Å². The molecule has 1 aliphatic rings. The Morgan fingerprint density at radius 1 is 1.11 bits per heavy atom. The zero-order chi connectivity index (χ0) is 19.1. The fraction of sp³-hybridized carbons (Fsp3) is 0.238. The van der Waals surface area contributed by atoms with Gasteiger partial charge in [0.25, 0.3) is 0 Å². The third-order valence-corrected chi connectivity index (χ3v) is 5.10. The minimum Gasteiger partial charge on any atom is -0.346 e. The molecule has 4 aromatic heterocycles. The van der Waals surface area contributed by atoms with Crippen molar-refractivity contribution in [2.24, 2.45) is 0 Å². The average Bonchev–Trinajstić information content (AvgIpc) is 3.46. The highest BCUT2D eigenvalue weighted by Gasteiger charge is 2.24. The van der Waals surface area contributed by atoms with Gasteiger partial charge >= 0.3 is 0 Å². The summed E-state index contributed by atoms with van der Waals surface area (Å²) in [5, 5.41) is 4.05. The van der Waals surface area contributed by atoms with Crippen molar-refractivity contribution in [1.82, 2.24) is 24.9 Å². The second-order valence-electron chi connectivity index (χ2n) is 7.19. The number of hydrogen-bond donors (Lipinski definition) is 2. The lowest BCUT2D eigenvalue weighted by Gasteiger charge is -2.08. The summed E-state index contributed by atoms with van der Waals surface area (Å²) < 4.78 is 14.6. The van der Waals surface area contributed by atoms with E-state index < -0.39 is 5.95 Å². The fourth-order valence-corrected chi connectivity index (χ4v) is 3.45. The molecule has 0 radical (unpaired) electrons. The molecule has 0 aromatic carbocycles. The van der Waals surface area contributed by atoms with Gasteiger partial charge in [0, 0.05) is 35.2 Å². The Labute approximate surface area is 161 Å². The van der Waals surface area contributed by atoms with Crippen LogP contribution in [0.15, 0.2) is 43.0 Å². The third kappa shape index (κ3) is 3.19. The predicted octanol–water partition coefficient (Wildman–Crippen LogP) is 4.41. The highest BCUT2D eigenvalue weighted by atomic mass is 19.1. The van der Waals surface area contributed by atoms with Crippen LogP contribution in [0.3, 0.4) is 0 Å². The van der Waals surface area contributed by atoms with E-state index >= 15 is 0 Å². The van der Waals surface area contributed by atoms with Crippen molar-refractivity contribution < 1.29 is 4.39 Å². The van der Waals surface area contributed by atoms with E-state index in [0.29, 0.717) is 23.7 Å². The van der Waals surface area contributed by atoms with Crippen LogP contribution in [0.25, 0.3) is 11.0 Å². The lowest BCUT2D eigenvalue weighted by atomic mass is 10.1. The van der Waals surface area contributed by atoms with E-state index in [0.717, 1.165) is 33.7 Å². The maximum Gasteiger partial charge on any atom is 0.218 e. The third-order valence-electron chi connectivity index (χ3n) is 5.10. The second kappa shape index (κ2) is 6.67. The number of rotatable bonds is 5. The Hall–Kier alpha value is -3.35. The Balaban J connectivity index is 1.35. The van der Waals surface area contributed by atoms with Gasteiger partial charge in [-0.05, 0) is 43.5 Å². The number of nitrogens with zero attached hydrogens (tertiary/aromatic N) is 4. The van der Waals surface area contributed by atoms with Gasteiger partial charge in [-0.2, -0.15) is 4.39 Å². The molecule has 4 aromatic rings. The average molecular weight is 374 g/mol. The number of pyridine rings is 2. The molecule has 0 spiro atoms. The molecule has 1 saturated carbocycles. The second-order valence-corrected chi connectivity index (χ2v) is 7.19. The molecule has 0 atom stereocenters. The maximum atomic E-state index is 14.6. The lowest BCUT2D eigenvalue weighted by molar-refractivity contribution is 0.572. The summed E-state index contributed by atoms with van der Waals surface area (Å²) in [5.41, 5.74) is 5.03. The van der Waals surface area contributed by atoms with Crippen molar-refractivity contribution in [2.45, 2.75) is 32.1 Å². The molecule has 0 saturated heterocycles. The summed E-state index contributed by atoms with van der Waals surface area (Å²) in [5.74, 6) is 0.583. The largest absolute Gasteiger partial charge is 0.346 e. The minimum absolute atomic E-state index is 0.422. The molecule has 5 rings (SSSR count). The molecule has 2 N–H and O–H groups in total. The topological polar surface area (TPSA) is 79.4 Å². The van der Waals surface area contributed by atoms with E-state index in [2.05, 4.69) is 30.2 Å². The van der Waals surface area contributed by atoms with Crippen LogP contribution in [-0.2, 0) is 6.42 Å². The first-order chi connectivity index (χ1) is 13.7. The summed E-state index contributed by atoms with van der Waals surface area (Å²) in [6.45, 7) is 1.92. The highest BCUT2D eigenvalue weighted by molar-refractivity contribution is 5.82. The van der Waals surface area contributed by atoms with Gasteiger partial charge in [0.05, 0.1) is 17.6 Å². The van der Waals surface area contributed by atoms with Gasteiger partial charge < -0.3 is 10.3 Å². The standard InChI is InChI=1S/C21H19FN6/c1-12-19-15(9-24-21(19)26-11-25-12)8-14-4-7-18(28-20(14)22)27-16-5-6-17(23-10-16)13-2-3-13/h4-7,9-11,13H,2-3,8H2,1H3,(H,27,28)(H,24,25,26). The molecule has 1 fully saturated rings. The van der Waals surface area contributed by atoms with E-state index in [1.165, 1.54) is 19.2 Å². The van der Waals surface area contributed by atoms with Gasteiger partial charge in [-0.25, -0.2) is 15.0 Å². The van der Waals surface area contributed by atoms with Gasteiger partial charge in [-0.1, -0.05) is 6.07 Å². The number of nitrogens with one attached hydrogen (secondary N) is 2. The van der Waals surface area contributed by atoms with E-state index in [4.69, 9.17) is 0 Å². The van der Waals surface area contributed by atoms with Crippen LogP contribution < -0.4 is 5.32 Å². The fourth-order valence-electron chi connectivity index (χ4n) is 3.45. The zero-order valence-corrected chi connectivity index (χ0v) is 15.4. The summed E-state index contributed by atoms with van der Waals surface area (Å²) in [7, 11) is 0. The molecule has 28 heavy (non-hydrogen) atoms. The highest BCUT2D eigenvalue weighted by Crippen LogP contribution is 2.39. The smallest absolute Gasteiger partial charge is 0.218 e. The van der Waals surface area contributed by atoms with E-state index in [9.17, 15) is 4.39 Å². The summed E-state index contributed by atoms with van der Waals surface area (Å²) in [6, 6.07) is 7.52. The van der Waals surface area contributed by atoms with Crippen molar-refractivity contribution in [3.63, 3.8) is 0 Å². The lowest BCUT2D eigenvalue weighted by Crippen LogP contribution is -2.01. The Morgan fingerprint density at radius 2 is 2.00 bits per heavy atom. The van der Waals surface area contributed by atoms with Crippen LogP contribution in [0.5, 0.6) is 0 Å². The minimum atomic E-state index is -0.489. The molecule has 1 aliphatic carbocycles. The molecular weight excluding hydrogens is 355 g/mol. The normalized spacial score (nSPS) is 13.8. The van der Waals surface area contributed by atoms with Gasteiger partial charge in [-0.15, -0.1) is 0 Å². The zero-order valence-electron chi connectivity index (χ0n) is 15.4. The molecule has 7 heteroatoms. The number of aromatic nitrogens is 5. The van der Waals surface area contributed by atoms with Crippen LogP contribution in [0.2, 0.25) is 0 Å². The van der Waals surface area contributed by atoms with E-state index in [1.54, 1.807) is 18.3 Å². The van der Waals surface area contributed by atoms with Crippen LogP contribution in [0.4, 0.5) is 15.9 Å². The number of halogens is 1. The first kappa shape index (κ1) is 16.8. The summed E-state index contributed by atoms with van der Waals surface area (Å²) in [6.07, 6.45) is 8.00. The van der Waals surface area contributed by atoms with Gasteiger partial charge in [0.15, 0.2) is 0 Å². The van der Waals surface area contributed by atoms with Crippen molar-refractivity contribution in [1.29, 1.82) is 0 Å². The molecular formula is C21H19FN6. The van der Waals surface area contributed by atoms with Crippen LogP contribution in [0, 0.1) is 12.9 Å². The predicted molar refractivity (Wildman–Crippen MR) is 105 cm³/mol. The molecule has 0 unspecified atom stereocenters. The number of aromatic amines is 1. The Bertz CT molecular complexity index is 1150. The van der Waals surface area contributed by atoms with Crippen LogP contribution in [-0.4, -0.2) is 24.9 Å². The molecule has 6 nitrogen and oxygen atoms in total. The molecule has 140 valence electrons. The number of anilines is 2. The molecule has 4 heterocycles. The summed E-state index contributed by atoms with van der Waals surface area (Å²) in [4.78, 5) is 20.1. The van der Waals surface area contributed by atoms with Gasteiger partial charge in [0.2, 0.25) is 5.95 Å². The SMILES string of the molecule is Cc1ncnc2[nH]cc(Cc3ccc(Nc4ccc(C5CC5)nc4)nc3F)c12. The number of hydrogen-bond acceptors (Lipinski definition) is 5. The Morgan fingerprint density at radius 3 is 2.75 bits per heavy atom. The first-order valence-corrected chi connectivity index (χ1v) is 9.33. The van der Waals surface area contributed by atoms with Gasteiger partial charge in [-0.3, -0.25) is 4.98 Å². The van der Waals surface area contributed by atoms with Crippen molar-refractivity contribution in [2.75, 3.05) is 5.32 Å².